The second kappa shape index (κ2) is 19.4. The molecule has 14 heteroatoms. The maximum atomic E-state index is 13.3. The number of nitrogens with one attached hydrogen (secondary N) is 4. The molecule has 2 aromatic heterocycles. The molecule has 0 fully saturated rings. The van der Waals surface area contributed by atoms with E-state index in [0.29, 0.717) is 80.2 Å². The van der Waals surface area contributed by atoms with Gasteiger partial charge in [0.2, 0.25) is 11.8 Å². The summed E-state index contributed by atoms with van der Waals surface area (Å²) in [4.78, 5) is 35.1. The zero-order valence-electron chi connectivity index (χ0n) is 31.9. The van der Waals surface area contributed by atoms with Crippen LogP contribution in [0.25, 0.3) is 10.8 Å². The number of ether oxygens (including phenoxy) is 4. The Hall–Kier alpha value is -6.01. The van der Waals surface area contributed by atoms with Gasteiger partial charge in [-0.25, -0.2) is 14.5 Å². The van der Waals surface area contributed by atoms with Crippen LogP contribution < -0.4 is 26.0 Å². The maximum Gasteiger partial charge on any atom is 0.324 e. The number of fused-ring (bicyclic) bond motifs is 1. The third-order valence-electron chi connectivity index (χ3n) is 8.16. The van der Waals surface area contributed by atoms with E-state index >= 15 is 0 Å². The minimum Gasteiger partial charge on any atom is -0.438 e. The van der Waals surface area contributed by atoms with E-state index in [2.05, 4.69) is 64.9 Å². The van der Waals surface area contributed by atoms with Crippen molar-refractivity contribution in [1.82, 2.24) is 25.1 Å². The lowest BCUT2D eigenvalue weighted by Crippen LogP contribution is -2.27. The molecule has 0 bridgehead atoms. The quantitative estimate of drug-likeness (QED) is 0.0537. The van der Waals surface area contributed by atoms with E-state index in [1.807, 2.05) is 35.0 Å². The van der Waals surface area contributed by atoms with Crippen molar-refractivity contribution in [1.29, 1.82) is 0 Å². The zero-order chi connectivity index (χ0) is 39.2. The molecule has 0 aliphatic heterocycles. The van der Waals surface area contributed by atoms with Crippen LogP contribution in [0.15, 0.2) is 72.9 Å². The molecule has 0 spiro atoms. The zero-order valence-corrected chi connectivity index (χ0v) is 31.9. The number of carbonyl (C=O) groups excluding carboxylic acids is 2. The van der Waals surface area contributed by atoms with E-state index in [-0.39, 0.29) is 29.2 Å². The summed E-state index contributed by atoms with van der Waals surface area (Å²) in [5.41, 5.74) is 2.73. The molecular formula is C41H48N8O6. The molecule has 5 rings (SSSR count). The third-order valence-corrected chi connectivity index (χ3v) is 8.16. The third kappa shape index (κ3) is 11.5. The predicted octanol–water partition coefficient (Wildman–Crippen LogP) is 7.10. The van der Waals surface area contributed by atoms with Crippen LogP contribution in [-0.4, -0.2) is 78.4 Å². The molecule has 288 valence electrons. The summed E-state index contributed by atoms with van der Waals surface area (Å²) < 4.78 is 23.9. The van der Waals surface area contributed by atoms with Crippen molar-refractivity contribution in [3.05, 3.63) is 89.7 Å². The highest BCUT2D eigenvalue weighted by Crippen LogP contribution is 2.34. The largest absolute Gasteiger partial charge is 0.438 e. The number of aromatic nitrogens is 4. The molecule has 0 aliphatic carbocycles. The van der Waals surface area contributed by atoms with Crippen LogP contribution in [0.1, 0.15) is 55.7 Å². The number of amides is 3. The van der Waals surface area contributed by atoms with Crippen molar-refractivity contribution in [2.75, 3.05) is 62.6 Å². The number of hydrogen-bond donors (Lipinski definition) is 4. The Bertz CT molecular complexity index is 2120. The topological polar surface area (TPSA) is 163 Å². The van der Waals surface area contributed by atoms with Crippen molar-refractivity contribution in [2.24, 2.45) is 0 Å². The SMILES string of the molecule is C#Cc1cc(Nc2nccc(Oc3ccc(NC(=O)Nc4cc(C(C)(C)C)nn4CCC)c4ccccc34)n2)cc(C(=O)NCCOCCOCCOC)c1. The molecule has 0 aliphatic rings. The Morgan fingerprint density at radius 2 is 1.67 bits per heavy atom. The van der Waals surface area contributed by atoms with Crippen molar-refractivity contribution in [3.8, 4) is 24.0 Å². The van der Waals surface area contributed by atoms with Gasteiger partial charge in [-0.3, -0.25) is 10.1 Å². The number of methoxy groups -OCH3 is 1. The number of benzene rings is 3. The van der Waals surface area contributed by atoms with Crippen LogP contribution in [0.2, 0.25) is 0 Å². The number of anilines is 4. The van der Waals surface area contributed by atoms with E-state index in [4.69, 9.17) is 30.5 Å². The number of carbonyl (C=O) groups is 2. The molecule has 0 radical (unpaired) electrons. The van der Waals surface area contributed by atoms with Gasteiger partial charge in [-0.1, -0.05) is 57.9 Å². The summed E-state index contributed by atoms with van der Waals surface area (Å²) >= 11 is 0. The van der Waals surface area contributed by atoms with Gasteiger partial charge in [0.05, 0.1) is 44.4 Å². The first-order valence-electron chi connectivity index (χ1n) is 18.1. The molecular weight excluding hydrogens is 701 g/mol. The van der Waals surface area contributed by atoms with E-state index in [1.54, 1.807) is 49.7 Å². The molecule has 0 atom stereocenters. The van der Waals surface area contributed by atoms with Crippen LogP contribution in [-0.2, 0) is 26.2 Å². The van der Waals surface area contributed by atoms with E-state index in [0.717, 1.165) is 22.9 Å². The smallest absolute Gasteiger partial charge is 0.324 e. The summed E-state index contributed by atoms with van der Waals surface area (Å²) in [6.07, 6.45) is 8.14. The Labute approximate surface area is 321 Å². The number of rotatable bonds is 18. The molecule has 2 heterocycles. The number of aryl methyl sites for hydroxylation is 1. The first-order valence-corrected chi connectivity index (χ1v) is 18.1. The van der Waals surface area contributed by atoms with Crippen molar-refractivity contribution < 1.29 is 28.5 Å². The number of terminal acetylenes is 1. The van der Waals surface area contributed by atoms with Crippen LogP contribution >= 0.6 is 0 Å². The second-order valence-electron chi connectivity index (χ2n) is 13.5. The summed E-state index contributed by atoms with van der Waals surface area (Å²) in [5, 5.41) is 18.2. The Morgan fingerprint density at radius 3 is 2.42 bits per heavy atom. The van der Waals surface area contributed by atoms with Crippen LogP contribution in [0.5, 0.6) is 11.6 Å². The fourth-order valence-corrected chi connectivity index (χ4v) is 5.42. The van der Waals surface area contributed by atoms with Gasteiger partial charge in [-0.05, 0) is 36.8 Å². The van der Waals surface area contributed by atoms with Gasteiger partial charge < -0.3 is 34.9 Å². The molecule has 55 heavy (non-hydrogen) atoms. The molecule has 0 unspecified atom stereocenters. The van der Waals surface area contributed by atoms with Gasteiger partial charge in [-0.2, -0.15) is 10.1 Å². The summed E-state index contributed by atoms with van der Waals surface area (Å²) in [7, 11) is 1.61. The fourth-order valence-electron chi connectivity index (χ4n) is 5.42. The first kappa shape index (κ1) is 40.2. The fraction of sp³-hybridized carbons (Fsp3) is 0.341. The monoisotopic (exact) mass is 748 g/mol. The average Bonchev–Trinajstić information content (AvgIpc) is 3.57. The van der Waals surface area contributed by atoms with Gasteiger partial charge in [-0.15, -0.1) is 6.42 Å². The molecule has 4 N–H and O–H groups in total. The second-order valence-corrected chi connectivity index (χ2v) is 13.5. The minimum atomic E-state index is -0.387. The predicted molar refractivity (Wildman–Crippen MR) is 213 cm³/mol. The lowest BCUT2D eigenvalue weighted by Gasteiger charge is -2.14. The summed E-state index contributed by atoms with van der Waals surface area (Å²) in [6, 6.07) is 19.3. The lowest BCUT2D eigenvalue weighted by molar-refractivity contribution is 0.0255. The molecule has 0 saturated carbocycles. The van der Waals surface area contributed by atoms with Gasteiger partial charge >= 0.3 is 6.03 Å². The lowest BCUT2D eigenvalue weighted by atomic mass is 9.92. The molecule has 14 nitrogen and oxygen atoms in total. The van der Waals surface area contributed by atoms with Crippen LogP contribution in [0.4, 0.5) is 27.9 Å². The maximum absolute atomic E-state index is 13.3. The minimum absolute atomic E-state index is 0.162. The number of hydrogen-bond acceptors (Lipinski definition) is 10. The first-order chi connectivity index (χ1) is 26.6. The van der Waals surface area contributed by atoms with E-state index < -0.39 is 0 Å². The average molecular weight is 749 g/mol. The number of urea groups is 1. The van der Waals surface area contributed by atoms with Crippen molar-refractivity contribution in [3.63, 3.8) is 0 Å². The van der Waals surface area contributed by atoms with Crippen LogP contribution in [0.3, 0.4) is 0 Å². The Kier molecular flexibility index (Phi) is 14.1. The van der Waals surface area contributed by atoms with Gasteiger partial charge in [0.1, 0.15) is 11.6 Å². The molecule has 5 aromatic rings. The van der Waals surface area contributed by atoms with Crippen molar-refractivity contribution >= 4 is 45.9 Å². The summed E-state index contributed by atoms with van der Waals surface area (Å²) in [5.74, 6) is 3.94. The number of nitrogens with zero attached hydrogens (tertiary/aromatic N) is 4. The van der Waals surface area contributed by atoms with Gasteiger partial charge in [0.25, 0.3) is 5.91 Å². The van der Waals surface area contributed by atoms with Crippen molar-refractivity contribution in [2.45, 2.75) is 46.1 Å². The Morgan fingerprint density at radius 1 is 0.909 bits per heavy atom. The summed E-state index contributed by atoms with van der Waals surface area (Å²) in [6.45, 7) is 11.5. The highest BCUT2D eigenvalue weighted by molar-refractivity contribution is 6.07. The normalized spacial score (nSPS) is 11.2. The van der Waals surface area contributed by atoms with Gasteiger partial charge in [0, 0.05) is 71.5 Å². The molecule has 3 amide bonds. The van der Waals surface area contributed by atoms with Gasteiger partial charge in [0.15, 0.2) is 0 Å². The van der Waals surface area contributed by atoms with Crippen LogP contribution in [0, 0.1) is 12.3 Å². The standard InChI is InChI=1S/C41H48N8O6/c1-7-18-49-36(27-35(48-49)41(3,4)5)46-40(51)45-33-13-14-34(32-12-10-9-11-31(32)33)55-37-15-16-43-39(47-37)44-30-25-28(8-2)24-29(26-30)38(50)42-17-19-53-22-23-54-21-20-52-6/h2,9-16,24-27H,7,17-23H2,1,3-6H3,(H,42,50)(H,43,44,47)(H2,45,46,51). The van der Waals surface area contributed by atoms with E-state index in [1.165, 1.54) is 0 Å². The highest BCUT2D eigenvalue weighted by atomic mass is 16.5. The molecule has 0 saturated heterocycles. The van der Waals surface area contributed by atoms with E-state index in [9.17, 15) is 9.59 Å². The molecule has 3 aromatic carbocycles. The highest BCUT2D eigenvalue weighted by Gasteiger charge is 2.21. The Balaban J connectivity index is 1.24.